The average molecular weight is 1380 g/mol. The molecule has 0 amide bonds. The number of hydrogen-bond donors (Lipinski definition) is 4. The number of aliphatic hydroxyl groups excluding tert-OH is 2. The van der Waals surface area contributed by atoms with Gasteiger partial charge in [0.2, 0.25) is 0 Å². The van der Waals surface area contributed by atoms with Gasteiger partial charge >= 0.3 is 33.6 Å². The number of allylic oxidation sites excluding steroid dienone is 18. The molecular formula is C77H134O16P2. The van der Waals surface area contributed by atoms with Crippen molar-refractivity contribution in [2.45, 2.75) is 322 Å². The number of carbonyl (C=O) groups excluding carboxylic acids is 3. The van der Waals surface area contributed by atoms with E-state index in [2.05, 4.69) is 130 Å². The Morgan fingerprint density at radius 2 is 0.558 bits per heavy atom. The summed E-state index contributed by atoms with van der Waals surface area (Å²) in [5.41, 5.74) is 0. The van der Waals surface area contributed by atoms with E-state index in [-0.39, 0.29) is 19.3 Å². The highest BCUT2D eigenvalue weighted by Gasteiger charge is 2.29. The molecule has 5 unspecified atom stereocenters. The van der Waals surface area contributed by atoms with Crippen molar-refractivity contribution in [3.05, 3.63) is 109 Å². The Balaban J connectivity index is 4.50. The summed E-state index contributed by atoms with van der Waals surface area (Å²) in [5, 5.41) is 20.6. The van der Waals surface area contributed by atoms with Gasteiger partial charge in [-0.2, -0.15) is 0 Å². The van der Waals surface area contributed by atoms with Gasteiger partial charge in [-0.3, -0.25) is 32.5 Å². The van der Waals surface area contributed by atoms with Crippen LogP contribution in [0.15, 0.2) is 109 Å². The third kappa shape index (κ3) is 71.3. The normalized spacial score (nSPS) is 14.7. The molecule has 5 atom stereocenters. The Kier molecular flexibility index (Phi) is 67.3. The van der Waals surface area contributed by atoms with Crippen molar-refractivity contribution in [3.63, 3.8) is 0 Å². The Bertz CT molecular complexity index is 2170. The molecule has 0 fully saturated rings. The fourth-order valence-corrected chi connectivity index (χ4v) is 11.4. The molecule has 16 nitrogen and oxygen atoms in total. The van der Waals surface area contributed by atoms with Gasteiger partial charge in [0.15, 0.2) is 6.10 Å². The number of ether oxygens (including phenoxy) is 3. The first-order chi connectivity index (χ1) is 46.2. The third-order valence-electron chi connectivity index (χ3n) is 15.5. The Morgan fingerprint density at radius 1 is 0.305 bits per heavy atom. The monoisotopic (exact) mass is 1380 g/mol. The van der Waals surface area contributed by atoms with Crippen LogP contribution in [0.25, 0.3) is 0 Å². The molecule has 0 aromatic heterocycles. The van der Waals surface area contributed by atoms with Gasteiger partial charge < -0.3 is 34.2 Å². The Labute approximate surface area is 577 Å². The van der Waals surface area contributed by atoms with Crippen LogP contribution in [0.1, 0.15) is 303 Å². The summed E-state index contributed by atoms with van der Waals surface area (Å²) in [6.07, 6.45) is 80.0. The van der Waals surface area contributed by atoms with Crippen molar-refractivity contribution in [2.24, 2.45) is 0 Å². The summed E-state index contributed by atoms with van der Waals surface area (Å²) in [6.45, 7) is 2.51. The van der Waals surface area contributed by atoms with Gasteiger partial charge in [-0.1, -0.05) is 265 Å². The first-order valence-corrected chi connectivity index (χ1v) is 40.2. The van der Waals surface area contributed by atoms with Gasteiger partial charge in [-0.25, -0.2) is 9.13 Å². The van der Waals surface area contributed by atoms with Gasteiger partial charge in [-0.15, -0.1) is 0 Å². The quantitative estimate of drug-likeness (QED) is 0.0146. The van der Waals surface area contributed by atoms with E-state index in [1.54, 1.807) is 0 Å². The molecule has 18 heteroatoms. The van der Waals surface area contributed by atoms with E-state index in [1.165, 1.54) is 89.9 Å². The third-order valence-corrected chi connectivity index (χ3v) is 17.4. The molecule has 4 N–H and O–H groups in total. The van der Waals surface area contributed by atoms with Crippen LogP contribution >= 0.6 is 15.6 Å². The van der Waals surface area contributed by atoms with Crippen molar-refractivity contribution >= 4 is 33.6 Å². The predicted molar refractivity (Wildman–Crippen MR) is 390 cm³/mol. The summed E-state index contributed by atoms with van der Waals surface area (Å²) in [7, 11) is -9.78. The molecule has 0 bridgehead atoms. The summed E-state index contributed by atoms with van der Waals surface area (Å²) in [6, 6.07) is 0. The molecule has 0 aliphatic rings. The first kappa shape index (κ1) is 91.2. The lowest BCUT2D eigenvalue weighted by Gasteiger charge is -2.21. The Morgan fingerprint density at radius 3 is 0.916 bits per heavy atom. The molecule has 0 spiro atoms. The van der Waals surface area contributed by atoms with E-state index >= 15 is 0 Å². The van der Waals surface area contributed by atoms with E-state index in [0.29, 0.717) is 19.3 Å². The zero-order valence-electron chi connectivity index (χ0n) is 59.6. The Hall–Kier alpha value is -3.79. The maximum absolute atomic E-state index is 12.9. The summed E-state index contributed by atoms with van der Waals surface area (Å²) in [5.74, 6) is -1.60. The summed E-state index contributed by atoms with van der Waals surface area (Å²) < 4.78 is 61.0. The highest BCUT2D eigenvalue weighted by molar-refractivity contribution is 7.47. The molecule has 0 rings (SSSR count). The van der Waals surface area contributed by atoms with Crippen molar-refractivity contribution in [3.8, 4) is 0 Å². The molecule has 0 aromatic rings. The maximum Gasteiger partial charge on any atom is 0.472 e. The molecular weight excluding hydrogens is 1240 g/mol. The van der Waals surface area contributed by atoms with Gasteiger partial charge in [-0.05, 0) is 128 Å². The SMILES string of the molecule is CC/C=C\C/C=C\C/C=C\C/C=C\C/C=C\C/C=C\CCCCCCCCCCCCC(=O)OCC(O)COP(=O)(O)OCC(O)COP(=O)(O)OCC(COC(=O)CCCCCCC/C=C\C/C=C\CCCCC)OC(=O)CCCCCCC/C=C\CCCCCCCC. The minimum atomic E-state index is -4.93. The minimum Gasteiger partial charge on any atom is -0.463 e. The fraction of sp³-hybridized carbons (Fsp3) is 0.727. The molecule has 0 heterocycles. The number of carbonyl (C=O) groups is 3. The predicted octanol–water partition coefficient (Wildman–Crippen LogP) is 21.2. The summed E-state index contributed by atoms with van der Waals surface area (Å²) >= 11 is 0. The highest BCUT2D eigenvalue weighted by Crippen LogP contribution is 2.45. The van der Waals surface area contributed by atoms with Crippen LogP contribution in [0.5, 0.6) is 0 Å². The van der Waals surface area contributed by atoms with Crippen LogP contribution < -0.4 is 0 Å². The zero-order valence-corrected chi connectivity index (χ0v) is 61.4. The van der Waals surface area contributed by atoms with Crippen molar-refractivity contribution in [1.29, 1.82) is 0 Å². The molecule has 0 radical (unpaired) electrons. The number of phosphoric ester groups is 2. The minimum absolute atomic E-state index is 0.0920. The largest absolute Gasteiger partial charge is 0.472 e. The molecule has 0 saturated heterocycles. The standard InChI is InChI=1S/C77H134O16P2/c1-4-7-10-13-16-19-22-25-28-29-30-31-32-33-34-35-36-37-38-39-40-41-44-46-48-51-54-57-60-63-75(80)87-66-72(78)67-89-94(83,84)90-68-73(79)69-91-95(85,86)92-71-74(93-77(82)65-62-59-56-53-50-47-43-27-24-21-18-15-12-9-6-3)70-88-76(81)64-61-58-55-52-49-45-42-26-23-20-17-14-11-8-5-2/h7,10,16-17,19-20,25-28,30-31,33-34,36-37,42-43,72-74,78-79H,4-6,8-9,11-15,18,21-24,29,32,35,38-41,44-71H2,1-3H3,(H,83,84)(H,85,86)/b10-7-,19-16-,20-17-,28-25-,31-30-,34-33-,37-36-,42-26-,43-27-. The van der Waals surface area contributed by atoms with Crippen molar-refractivity contribution < 1.29 is 75.8 Å². The second kappa shape index (κ2) is 70.1. The summed E-state index contributed by atoms with van der Waals surface area (Å²) in [4.78, 5) is 58.5. The van der Waals surface area contributed by atoms with Crippen LogP contribution in [-0.4, -0.2) is 95.9 Å². The van der Waals surface area contributed by atoms with Crippen LogP contribution in [0.4, 0.5) is 0 Å². The number of phosphoric acid groups is 2. The lowest BCUT2D eigenvalue weighted by Crippen LogP contribution is -2.30. The zero-order chi connectivity index (χ0) is 69.5. The van der Waals surface area contributed by atoms with Crippen molar-refractivity contribution in [1.82, 2.24) is 0 Å². The second-order valence-corrected chi connectivity index (χ2v) is 27.6. The van der Waals surface area contributed by atoms with Gasteiger partial charge in [0, 0.05) is 19.3 Å². The number of hydrogen-bond acceptors (Lipinski definition) is 14. The first-order valence-electron chi connectivity index (χ1n) is 37.2. The second-order valence-electron chi connectivity index (χ2n) is 24.7. The van der Waals surface area contributed by atoms with Gasteiger partial charge in [0.1, 0.15) is 25.4 Å². The number of aliphatic hydroxyl groups is 2. The lowest BCUT2D eigenvalue weighted by atomic mass is 10.1. The molecule has 0 saturated carbocycles. The van der Waals surface area contributed by atoms with Crippen LogP contribution in [-0.2, 0) is 55.8 Å². The van der Waals surface area contributed by atoms with Crippen molar-refractivity contribution in [2.75, 3.05) is 39.6 Å². The number of unbranched alkanes of at least 4 members (excludes halogenated alkanes) is 29. The number of rotatable bonds is 70. The molecule has 0 aliphatic carbocycles. The van der Waals surface area contributed by atoms with Gasteiger partial charge in [0.25, 0.3) is 0 Å². The molecule has 0 aliphatic heterocycles. The van der Waals surface area contributed by atoms with E-state index in [0.717, 1.165) is 154 Å². The molecule has 0 aromatic carbocycles. The van der Waals surface area contributed by atoms with Crippen LogP contribution in [0, 0.1) is 0 Å². The van der Waals surface area contributed by atoms with Crippen LogP contribution in [0.3, 0.4) is 0 Å². The average Bonchev–Trinajstić information content (AvgIpc) is 1.83. The van der Waals surface area contributed by atoms with E-state index in [1.807, 2.05) is 0 Å². The lowest BCUT2D eigenvalue weighted by molar-refractivity contribution is -0.161. The van der Waals surface area contributed by atoms with Crippen LogP contribution in [0.2, 0.25) is 0 Å². The topological polar surface area (TPSA) is 231 Å². The maximum atomic E-state index is 12.9. The highest BCUT2D eigenvalue weighted by atomic mass is 31.2. The molecule has 548 valence electrons. The smallest absolute Gasteiger partial charge is 0.463 e. The van der Waals surface area contributed by atoms with E-state index < -0.39 is 91.5 Å². The van der Waals surface area contributed by atoms with Gasteiger partial charge in [0.05, 0.1) is 26.4 Å². The van der Waals surface area contributed by atoms with E-state index in [4.69, 9.17) is 32.3 Å². The molecule has 95 heavy (non-hydrogen) atoms. The van der Waals surface area contributed by atoms with E-state index in [9.17, 15) is 43.5 Å². The fourth-order valence-electron chi connectivity index (χ4n) is 9.78. The number of esters is 3.